The topological polar surface area (TPSA) is 46.2 Å². The number of hydrogen-bond acceptors (Lipinski definition) is 3. The zero-order chi connectivity index (χ0) is 15.5. The van der Waals surface area contributed by atoms with Crippen LogP contribution in [-0.2, 0) is 9.84 Å². The number of rotatable bonds is 5. The Bertz CT molecular complexity index is 575. The fourth-order valence-corrected chi connectivity index (χ4v) is 3.86. The van der Waals surface area contributed by atoms with E-state index in [4.69, 9.17) is 0 Å². The van der Waals surface area contributed by atoms with Gasteiger partial charge in [-0.3, -0.25) is 0 Å². The smallest absolute Gasteiger partial charge is 0.341 e. The van der Waals surface area contributed by atoms with Gasteiger partial charge in [-0.25, -0.2) is 8.42 Å². The van der Waals surface area contributed by atoms with Gasteiger partial charge < -0.3 is 5.32 Å². The molecule has 1 aromatic carbocycles. The minimum atomic E-state index is -4.57. The molecule has 1 aliphatic rings. The molecule has 0 spiro atoms. The summed E-state index contributed by atoms with van der Waals surface area (Å²) in [6.45, 7) is 2.83. The SMILES string of the molecule is CC1CCCC(CNc2ccccc2S(=O)(=O)C(F)F)C1. The molecular formula is C15H21F2NO2S. The molecule has 0 aromatic heterocycles. The molecular weight excluding hydrogens is 296 g/mol. The lowest BCUT2D eigenvalue weighted by atomic mass is 9.82. The van der Waals surface area contributed by atoms with Crippen molar-refractivity contribution in [3.63, 3.8) is 0 Å². The summed E-state index contributed by atoms with van der Waals surface area (Å²) in [5.41, 5.74) is 0.274. The molecule has 0 aliphatic heterocycles. The van der Waals surface area contributed by atoms with E-state index in [1.807, 2.05) is 0 Å². The van der Waals surface area contributed by atoms with Crippen molar-refractivity contribution in [1.82, 2.24) is 0 Å². The fourth-order valence-electron chi connectivity index (χ4n) is 2.96. The molecule has 0 heterocycles. The van der Waals surface area contributed by atoms with Gasteiger partial charge in [0.05, 0.1) is 10.6 Å². The van der Waals surface area contributed by atoms with Crippen LogP contribution in [0.2, 0.25) is 0 Å². The second kappa shape index (κ2) is 6.73. The maximum atomic E-state index is 12.7. The Morgan fingerprint density at radius 1 is 1.29 bits per heavy atom. The van der Waals surface area contributed by atoms with Crippen molar-refractivity contribution in [2.45, 2.75) is 43.3 Å². The lowest BCUT2D eigenvalue weighted by Crippen LogP contribution is -2.22. The monoisotopic (exact) mass is 317 g/mol. The highest BCUT2D eigenvalue weighted by Gasteiger charge is 2.29. The van der Waals surface area contributed by atoms with Crippen molar-refractivity contribution in [2.24, 2.45) is 11.8 Å². The van der Waals surface area contributed by atoms with Crippen molar-refractivity contribution < 1.29 is 17.2 Å². The molecule has 21 heavy (non-hydrogen) atoms. The lowest BCUT2D eigenvalue weighted by molar-refractivity contribution is 0.235. The highest BCUT2D eigenvalue weighted by atomic mass is 32.2. The van der Waals surface area contributed by atoms with Crippen LogP contribution in [0.5, 0.6) is 0 Å². The van der Waals surface area contributed by atoms with Gasteiger partial charge >= 0.3 is 5.76 Å². The van der Waals surface area contributed by atoms with E-state index >= 15 is 0 Å². The first-order valence-electron chi connectivity index (χ1n) is 7.26. The molecule has 118 valence electrons. The Labute approximate surface area is 124 Å². The lowest BCUT2D eigenvalue weighted by Gasteiger charge is -2.27. The predicted molar refractivity (Wildman–Crippen MR) is 79.2 cm³/mol. The molecule has 0 amide bonds. The highest BCUT2D eigenvalue weighted by Crippen LogP contribution is 2.30. The minimum absolute atomic E-state index is 0.274. The van der Waals surface area contributed by atoms with E-state index in [0.717, 1.165) is 12.8 Å². The van der Waals surface area contributed by atoms with Crippen molar-refractivity contribution in [3.05, 3.63) is 24.3 Å². The molecule has 6 heteroatoms. The van der Waals surface area contributed by atoms with E-state index in [1.54, 1.807) is 12.1 Å². The van der Waals surface area contributed by atoms with Gasteiger partial charge in [0.2, 0.25) is 9.84 Å². The first-order valence-corrected chi connectivity index (χ1v) is 8.81. The van der Waals surface area contributed by atoms with Gasteiger partial charge in [-0.2, -0.15) is 8.78 Å². The molecule has 0 saturated heterocycles. The third kappa shape index (κ3) is 3.93. The van der Waals surface area contributed by atoms with Crippen molar-refractivity contribution in [1.29, 1.82) is 0 Å². The number of anilines is 1. The zero-order valence-electron chi connectivity index (χ0n) is 12.1. The quantitative estimate of drug-likeness (QED) is 0.895. The summed E-state index contributed by atoms with van der Waals surface area (Å²) < 4.78 is 48.7. The van der Waals surface area contributed by atoms with Gasteiger partial charge in [0, 0.05) is 6.54 Å². The Balaban J connectivity index is 2.10. The first-order chi connectivity index (χ1) is 9.91. The fraction of sp³-hybridized carbons (Fsp3) is 0.600. The molecule has 1 aromatic rings. The van der Waals surface area contributed by atoms with Crippen LogP contribution in [0.3, 0.4) is 0 Å². The summed E-state index contributed by atoms with van der Waals surface area (Å²) in [6, 6.07) is 5.88. The average molecular weight is 317 g/mol. The number of benzene rings is 1. The first kappa shape index (κ1) is 16.2. The molecule has 0 radical (unpaired) electrons. The van der Waals surface area contributed by atoms with Crippen molar-refractivity contribution in [3.8, 4) is 0 Å². The summed E-state index contributed by atoms with van der Waals surface area (Å²) in [6.07, 6.45) is 4.59. The Hall–Kier alpha value is -1.17. The van der Waals surface area contributed by atoms with Crippen LogP contribution in [0.25, 0.3) is 0 Å². The van der Waals surface area contributed by atoms with Crippen LogP contribution in [0.4, 0.5) is 14.5 Å². The molecule has 3 nitrogen and oxygen atoms in total. The Morgan fingerprint density at radius 3 is 2.67 bits per heavy atom. The number of alkyl halides is 2. The maximum absolute atomic E-state index is 12.7. The highest BCUT2D eigenvalue weighted by molar-refractivity contribution is 7.91. The van der Waals surface area contributed by atoms with Crippen molar-refractivity contribution in [2.75, 3.05) is 11.9 Å². The van der Waals surface area contributed by atoms with E-state index < -0.39 is 15.6 Å². The summed E-state index contributed by atoms with van der Waals surface area (Å²) in [7, 11) is -4.57. The van der Waals surface area contributed by atoms with Gasteiger partial charge in [-0.15, -0.1) is 0 Å². The minimum Gasteiger partial charge on any atom is -0.384 e. The van der Waals surface area contributed by atoms with E-state index in [-0.39, 0.29) is 10.6 Å². The van der Waals surface area contributed by atoms with Gasteiger partial charge in [0.1, 0.15) is 0 Å². The summed E-state index contributed by atoms with van der Waals surface area (Å²) in [4.78, 5) is -0.316. The van der Waals surface area contributed by atoms with Gasteiger partial charge in [-0.1, -0.05) is 31.9 Å². The summed E-state index contributed by atoms with van der Waals surface area (Å²) in [5.74, 6) is -2.25. The van der Waals surface area contributed by atoms with Crippen LogP contribution < -0.4 is 5.32 Å². The second-order valence-electron chi connectivity index (χ2n) is 5.82. The van der Waals surface area contributed by atoms with Crippen LogP contribution in [-0.4, -0.2) is 20.7 Å². The van der Waals surface area contributed by atoms with Gasteiger partial charge in [0.25, 0.3) is 0 Å². The normalized spacial score (nSPS) is 23.2. The third-order valence-corrected chi connectivity index (χ3v) is 5.49. The number of para-hydroxylation sites is 1. The van der Waals surface area contributed by atoms with E-state index in [9.17, 15) is 17.2 Å². The Morgan fingerprint density at radius 2 is 2.00 bits per heavy atom. The van der Waals surface area contributed by atoms with Crippen LogP contribution in [0.15, 0.2) is 29.2 Å². The van der Waals surface area contributed by atoms with Crippen molar-refractivity contribution >= 4 is 15.5 Å². The molecule has 2 rings (SSSR count). The van der Waals surface area contributed by atoms with Crippen LogP contribution in [0.1, 0.15) is 32.6 Å². The third-order valence-electron chi connectivity index (χ3n) is 4.05. The molecule has 1 saturated carbocycles. The average Bonchev–Trinajstić information content (AvgIpc) is 2.45. The molecule has 1 aliphatic carbocycles. The molecule has 0 bridgehead atoms. The maximum Gasteiger partial charge on any atom is 0.341 e. The van der Waals surface area contributed by atoms with E-state index in [1.165, 1.54) is 25.0 Å². The Kier molecular flexibility index (Phi) is 5.19. The number of hydrogen-bond donors (Lipinski definition) is 1. The van der Waals surface area contributed by atoms with E-state index in [2.05, 4.69) is 12.2 Å². The van der Waals surface area contributed by atoms with Gasteiger partial charge in [0.15, 0.2) is 0 Å². The van der Waals surface area contributed by atoms with E-state index in [0.29, 0.717) is 18.4 Å². The van der Waals surface area contributed by atoms with Crippen LogP contribution in [0, 0.1) is 11.8 Å². The number of sulfone groups is 1. The number of halogens is 2. The second-order valence-corrected chi connectivity index (χ2v) is 7.71. The summed E-state index contributed by atoms with van der Waals surface area (Å²) in [5, 5.41) is 3.05. The number of nitrogens with one attached hydrogen (secondary N) is 1. The van der Waals surface area contributed by atoms with Crippen LogP contribution >= 0.6 is 0 Å². The predicted octanol–water partition coefficient (Wildman–Crippen LogP) is 3.92. The molecule has 2 atom stereocenters. The standard InChI is InChI=1S/C15H21F2NO2S/c1-11-5-4-6-12(9-11)10-18-13-7-2-3-8-14(13)21(19,20)15(16)17/h2-3,7-8,11-12,15,18H,4-6,9-10H2,1H3. The molecule has 1 N–H and O–H groups in total. The largest absolute Gasteiger partial charge is 0.384 e. The van der Waals surface area contributed by atoms with Gasteiger partial charge in [-0.05, 0) is 36.8 Å². The molecule has 1 fully saturated rings. The zero-order valence-corrected chi connectivity index (χ0v) is 12.9. The molecule has 2 unspecified atom stereocenters. The summed E-state index contributed by atoms with van der Waals surface area (Å²) >= 11 is 0.